The van der Waals surface area contributed by atoms with Crippen molar-refractivity contribution in [3.05, 3.63) is 0 Å². The van der Waals surface area contributed by atoms with Gasteiger partial charge in [-0.05, 0) is 45.4 Å². The van der Waals surface area contributed by atoms with Gasteiger partial charge in [0.25, 0.3) is 0 Å². The Kier molecular flexibility index (Phi) is 3.23. The number of hydrogen-bond donors (Lipinski definition) is 1. The monoisotopic (exact) mass is 265 g/mol. The van der Waals surface area contributed by atoms with Crippen LogP contribution in [0.3, 0.4) is 0 Å². The highest BCUT2D eigenvalue weighted by Gasteiger charge is 2.67. The van der Waals surface area contributed by atoms with Crippen LogP contribution in [0.1, 0.15) is 41.0 Å². The lowest BCUT2D eigenvalue weighted by molar-refractivity contribution is 0.0725. The Morgan fingerprint density at radius 3 is 2.37 bits per heavy atom. The van der Waals surface area contributed by atoms with Gasteiger partial charge in [0.15, 0.2) is 0 Å². The summed E-state index contributed by atoms with van der Waals surface area (Å²) in [7, 11) is 0. The average molecular weight is 265 g/mol. The molecule has 1 aliphatic carbocycles. The number of nitrogens with one attached hydrogen (secondary N) is 1. The highest BCUT2D eigenvalue weighted by atomic mass is 15.3. The van der Waals surface area contributed by atoms with Gasteiger partial charge in [-0.3, -0.25) is 4.90 Å². The molecular weight excluding hydrogens is 234 g/mol. The van der Waals surface area contributed by atoms with Crippen LogP contribution in [0.15, 0.2) is 0 Å². The van der Waals surface area contributed by atoms with Gasteiger partial charge in [-0.1, -0.05) is 6.92 Å². The molecule has 0 bridgehead atoms. The van der Waals surface area contributed by atoms with Crippen LogP contribution in [0.4, 0.5) is 0 Å². The van der Waals surface area contributed by atoms with Crippen LogP contribution < -0.4 is 5.32 Å². The third-order valence-electron chi connectivity index (χ3n) is 5.88. The van der Waals surface area contributed by atoms with Crippen molar-refractivity contribution in [2.24, 2.45) is 11.3 Å². The van der Waals surface area contributed by atoms with Crippen LogP contribution in [0, 0.1) is 11.3 Å². The molecule has 0 aromatic heterocycles. The molecule has 3 nitrogen and oxygen atoms in total. The second kappa shape index (κ2) is 4.44. The molecule has 0 amide bonds. The van der Waals surface area contributed by atoms with Gasteiger partial charge in [-0.25, -0.2) is 0 Å². The maximum atomic E-state index is 3.46. The van der Waals surface area contributed by atoms with Gasteiger partial charge in [0.05, 0.1) is 0 Å². The summed E-state index contributed by atoms with van der Waals surface area (Å²) in [5.41, 5.74) is 0.914. The van der Waals surface area contributed by atoms with E-state index in [1.165, 1.54) is 39.1 Å². The fourth-order valence-electron chi connectivity index (χ4n) is 4.81. The van der Waals surface area contributed by atoms with Crippen LogP contribution in [0.5, 0.6) is 0 Å². The fourth-order valence-corrected chi connectivity index (χ4v) is 4.81. The van der Waals surface area contributed by atoms with Crippen molar-refractivity contribution < 1.29 is 0 Å². The molecule has 19 heavy (non-hydrogen) atoms. The van der Waals surface area contributed by atoms with Crippen molar-refractivity contribution in [2.75, 3.05) is 32.7 Å². The predicted octanol–water partition coefficient (Wildman–Crippen LogP) is 1.79. The number of piperidine rings is 1. The van der Waals surface area contributed by atoms with Crippen molar-refractivity contribution >= 4 is 0 Å². The molecule has 3 rings (SSSR count). The summed E-state index contributed by atoms with van der Waals surface area (Å²) in [5.74, 6) is 0.856. The van der Waals surface area contributed by atoms with E-state index in [0.717, 1.165) is 18.0 Å². The van der Waals surface area contributed by atoms with Crippen LogP contribution in [0.25, 0.3) is 0 Å². The van der Waals surface area contributed by atoms with Crippen molar-refractivity contribution in [3.63, 3.8) is 0 Å². The first kappa shape index (κ1) is 13.8. The third kappa shape index (κ3) is 2.24. The molecule has 2 aliphatic heterocycles. The van der Waals surface area contributed by atoms with Crippen LogP contribution in [0.2, 0.25) is 0 Å². The second-order valence-corrected chi connectivity index (χ2v) is 8.20. The maximum Gasteiger partial charge on any atom is 0.0167 e. The molecule has 110 valence electrons. The van der Waals surface area contributed by atoms with Gasteiger partial charge < -0.3 is 10.2 Å². The predicted molar refractivity (Wildman–Crippen MR) is 80.4 cm³/mol. The van der Waals surface area contributed by atoms with E-state index in [0.29, 0.717) is 11.0 Å². The zero-order valence-corrected chi connectivity index (χ0v) is 13.4. The first-order valence-corrected chi connectivity index (χ1v) is 8.05. The summed E-state index contributed by atoms with van der Waals surface area (Å²) < 4.78 is 0. The first-order chi connectivity index (χ1) is 8.84. The van der Waals surface area contributed by atoms with Gasteiger partial charge in [0.2, 0.25) is 0 Å². The summed E-state index contributed by atoms with van der Waals surface area (Å²) in [6.07, 6.45) is 1.42. The minimum Gasteiger partial charge on any atom is -0.314 e. The SMILES string of the molecule is C[C@@H]1C(CN2CCNCC2)C2(C)CC2N1C(C)(C)C. The zero-order valence-electron chi connectivity index (χ0n) is 13.4. The standard InChI is InChI=1S/C16H31N3/c1-12-13(11-18-8-6-17-7-9-18)16(5)10-14(16)19(12)15(2,3)4/h12-14,17H,6-11H2,1-5H3/t12-,13?,14?,16?/m1/s1. The topological polar surface area (TPSA) is 18.5 Å². The fraction of sp³-hybridized carbons (Fsp3) is 1.00. The lowest BCUT2D eigenvalue weighted by Gasteiger charge is -2.41. The molecule has 0 aromatic rings. The molecule has 3 heteroatoms. The van der Waals surface area contributed by atoms with Crippen molar-refractivity contribution in [1.29, 1.82) is 0 Å². The molecule has 0 radical (unpaired) electrons. The van der Waals surface area contributed by atoms with Gasteiger partial charge in [0, 0.05) is 50.3 Å². The summed E-state index contributed by atoms with van der Waals surface area (Å²) in [6, 6.07) is 1.58. The lowest BCUT2D eigenvalue weighted by Crippen LogP contribution is -2.51. The number of fused-ring (bicyclic) bond motifs is 1. The highest BCUT2D eigenvalue weighted by Crippen LogP contribution is 2.64. The van der Waals surface area contributed by atoms with Gasteiger partial charge in [-0.2, -0.15) is 0 Å². The zero-order chi connectivity index (χ0) is 13.8. The van der Waals surface area contributed by atoms with E-state index in [9.17, 15) is 0 Å². The summed E-state index contributed by atoms with van der Waals surface area (Å²) in [4.78, 5) is 5.49. The van der Waals surface area contributed by atoms with E-state index in [1.807, 2.05) is 0 Å². The molecule has 0 spiro atoms. The molecule has 3 fully saturated rings. The van der Waals surface area contributed by atoms with Gasteiger partial charge in [-0.15, -0.1) is 0 Å². The second-order valence-electron chi connectivity index (χ2n) is 8.20. The molecule has 4 atom stereocenters. The van der Waals surface area contributed by atoms with Crippen LogP contribution in [-0.4, -0.2) is 60.1 Å². The summed E-state index contributed by atoms with van der Waals surface area (Å²) in [5, 5.41) is 3.46. The molecule has 2 heterocycles. The van der Waals surface area contributed by atoms with E-state index in [1.54, 1.807) is 0 Å². The molecule has 1 saturated carbocycles. The van der Waals surface area contributed by atoms with Crippen molar-refractivity contribution in [3.8, 4) is 0 Å². The van der Waals surface area contributed by atoms with Gasteiger partial charge in [0.1, 0.15) is 0 Å². The number of hydrogen-bond acceptors (Lipinski definition) is 3. The summed E-state index contributed by atoms with van der Waals surface area (Å²) in [6.45, 7) is 18.3. The minimum atomic E-state index is 0.319. The molecule has 1 N–H and O–H groups in total. The van der Waals surface area contributed by atoms with E-state index in [-0.39, 0.29) is 0 Å². The number of rotatable bonds is 2. The molecular formula is C16H31N3. The Morgan fingerprint density at radius 1 is 1.21 bits per heavy atom. The quantitative estimate of drug-likeness (QED) is 0.821. The normalized spacial score (nSPS) is 44.4. The molecule has 3 unspecified atom stereocenters. The molecule has 0 aromatic carbocycles. The van der Waals surface area contributed by atoms with Crippen LogP contribution >= 0.6 is 0 Å². The lowest BCUT2D eigenvalue weighted by atomic mass is 9.86. The van der Waals surface area contributed by atoms with E-state index in [2.05, 4.69) is 49.7 Å². The average Bonchev–Trinajstić information content (AvgIpc) is 2.92. The van der Waals surface area contributed by atoms with E-state index >= 15 is 0 Å². The Balaban J connectivity index is 1.71. The van der Waals surface area contributed by atoms with Crippen molar-refractivity contribution in [2.45, 2.75) is 58.7 Å². The smallest absolute Gasteiger partial charge is 0.0167 e. The molecule has 2 saturated heterocycles. The summed E-state index contributed by atoms with van der Waals surface area (Å²) >= 11 is 0. The third-order valence-corrected chi connectivity index (χ3v) is 5.88. The number of piperazine rings is 1. The highest BCUT2D eigenvalue weighted by molar-refractivity contribution is 5.20. The Bertz CT molecular complexity index is 342. The number of nitrogens with zero attached hydrogens (tertiary/aromatic N) is 2. The van der Waals surface area contributed by atoms with Crippen LogP contribution in [-0.2, 0) is 0 Å². The largest absolute Gasteiger partial charge is 0.314 e. The Hall–Kier alpha value is -0.120. The first-order valence-electron chi connectivity index (χ1n) is 8.05. The number of likely N-dealkylation sites (tertiary alicyclic amines) is 1. The Labute approximate surface area is 118 Å². The Morgan fingerprint density at radius 2 is 1.84 bits per heavy atom. The van der Waals surface area contributed by atoms with E-state index < -0.39 is 0 Å². The minimum absolute atomic E-state index is 0.319. The van der Waals surface area contributed by atoms with Crippen molar-refractivity contribution in [1.82, 2.24) is 15.1 Å². The molecule has 3 aliphatic rings. The van der Waals surface area contributed by atoms with E-state index in [4.69, 9.17) is 0 Å². The maximum absolute atomic E-state index is 3.46. The van der Waals surface area contributed by atoms with Gasteiger partial charge >= 0.3 is 0 Å².